The zero-order valence-corrected chi connectivity index (χ0v) is 14.9. The summed E-state index contributed by atoms with van der Waals surface area (Å²) in [5.74, 6) is 2.24. The molecule has 0 saturated carbocycles. The summed E-state index contributed by atoms with van der Waals surface area (Å²) in [5.41, 5.74) is 0.803. The molecule has 24 heavy (non-hydrogen) atoms. The highest BCUT2D eigenvalue weighted by molar-refractivity contribution is 7.15. The Morgan fingerprint density at radius 1 is 1.08 bits per heavy atom. The summed E-state index contributed by atoms with van der Waals surface area (Å²) in [6.45, 7) is 3.91. The van der Waals surface area contributed by atoms with Gasteiger partial charge in [0, 0.05) is 33.1 Å². The number of nitrogens with zero attached hydrogens (tertiary/aromatic N) is 8. The van der Waals surface area contributed by atoms with E-state index in [-0.39, 0.29) is 0 Å². The van der Waals surface area contributed by atoms with Crippen molar-refractivity contribution >= 4 is 27.9 Å². The van der Waals surface area contributed by atoms with Crippen LogP contribution in [0, 0.1) is 6.92 Å². The van der Waals surface area contributed by atoms with Gasteiger partial charge in [0.25, 0.3) is 0 Å². The maximum Gasteiger partial charge on any atom is 0.208 e. The van der Waals surface area contributed by atoms with E-state index in [9.17, 15) is 0 Å². The van der Waals surface area contributed by atoms with Gasteiger partial charge in [-0.05, 0) is 31.9 Å². The van der Waals surface area contributed by atoms with Crippen LogP contribution in [0.2, 0.25) is 0 Å². The summed E-state index contributed by atoms with van der Waals surface area (Å²) in [6, 6.07) is 3.94. The van der Waals surface area contributed by atoms with E-state index in [1.807, 2.05) is 42.6 Å². The van der Waals surface area contributed by atoms with E-state index in [4.69, 9.17) is 0 Å². The Balaban J connectivity index is 1.55. The fourth-order valence-electron chi connectivity index (χ4n) is 3.03. The molecular formula is C15H20N8S. The molecule has 3 aromatic heterocycles. The van der Waals surface area contributed by atoms with Crippen molar-refractivity contribution in [1.29, 1.82) is 0 Å². The van der Waals surface area contributed by atoms with Gasteiger partial charge in [-0.15, -0.1) is 25.5 Å². The molecule has 0 unspecified atom stereocenters. The molecule has 1 aliphatic heterocycles. The Morgan fingerprint density at radius 2 is 1.88 bits per heavy atom. The van der Waals surface area contributed by atoms with E-state index in [0.29, 0.717) is 5.92 Å². The van der Waals surface area contributed by atoms with Gasteiger partial charge in [-0.1, -0.05) is 11.3 Å². The molecule has 3 aromatic rings. The van der Waals surface area contributed by atoms with Crippen LogP contribution < -0.4 is 9.80 Å². The molecule has 0 bridgehead atoms. The van der Waals surface area contributed by atoms with E-state index in [1.165, 1.54) is 0 Å². The lowest BCUT2D eigenvalue weighted by molar-refractivity contribution is 0.476. The number of piperidine rings is 1. The number of aryl methyl sites for hydroxylation is 1. The van der Waals surface area contributed by atoms with E-state index in [2.05, 4.69) is 30.4 Å². The Morgan fingerprint density at radius 3 is 2.54 bits per heavy atom. The van der Waals surface area contributed by atoms with Gasteiger partial charge in [0.05, 0.1) is 0 Å². The van der Waals surface area contributed by atoms with Crippen LogP contribution in [0.15, 0.2) is 12.1 Å². The maximum atomic E-state index is 4.67. The van der Waals surface area contributed by atoms with Gasteiger partial charge >= 0.3 is 0 Å². The minimum absolute atomic E-state index is 0.371. The van der Waals surface area contributed by atoms with E-state index >= 15 is 0 Å². The first-order valence-electron chi connectivity index (χ1n) is 8.06. The van der Waals surface area contributed by atoms with E-state index in [0.717, 1.165) is 53.4 Å². The molecule has 1 fully saturated rings. The second-order valence-corrected chi connectivity index (χ2v) is 7.44. The van der Waals surface area contributed by atoms with Gasteiger partial charge in [-0.3, -0.25) is 0 Å². The Kier molecular flexibility index (Phi) is 3.79. The largest absolute Gasteiger partial charge is 0.361 e. The lowest BCUT2D eigenvalue weighted by Crippen LogP contribution is -2.33. The fraction of sp³-hybridized carbons (Fsp3) is 0.533. The van der Waals surface area contributed by atoms with Crippen molar-refractivity contribution in [2.45, 2.75) is 25.7 Å². The van der Waals surface area contributed by atoms with Crippen molar-refractivity contribution in [2.75, 3.05) is 37.0 Å². The Hall–Kier alpha value is -2.29. The molecule has 0 spiro atoms. The molecule has 0 aromatic carbocycles. The summed E-state index contributed by atoms with van der Waals surface area (Å²) in [5, 5.41) is 23.8. The van der Waals surface area contributed by atoms with Crippen molar-refractivity contribution in [3.05, 3.63) is 23.0 Å². The maximum absolute atomic E-state index is 4.67. The van der Waals surface area contributed by atoms with Crippen LogP contribution in [-0.2, 0) is 0 Å². The second kappa shape index (κ2) is 5.97. The predicted molar refractivity (Wildman–Crippen MR) is 93.9 cm³/mol. The van der Waals surface area contributed by atoms with Crippen molar-refractivity contribution < 1.29 is 0 Å². The first-order chi connectivity index (χ1) is 11.6. The van der Waals surface area contributed by atoms with Gasteiger partial charge in [-0.25, -0.2) is 0 Å². The molecule has 1 saturated heterocycles. The van der Waals surface area contributed by atoms with Gasteiger partial charge in [0.2, 0.25) is 5.13 Å². The summed E-state index contributed by atoms with van der Waals surface area (Å²) < 4.78 is 1.89. The molecular weight excluding hydrogens is 324 g/mol. The third-order valence-electron chi connectivity index (χ3n) is 4.38. The lowest BCUT2D eigenvalue weighted by atomic mass is 9.96. The summed E-state index contributed by atoms with van der Waals surface area (Å²) in [4.78, 5) is 4.30. The highest BCUT2D eigenvalue weighted by Gasteiger charge is 2.26. The van der Waals surface area contributed by atoms with E-state index in [1.54, 1.807) is 11.3 Å². The molecule has 0 atom stereocenters. The second-order valence-electron chi connectivity index (χ2n) is 6.28. The molecule has 4 heterocycles. The van der Waals surface area contributed by atoms with Crippen LogP contribution in [0.4, 0.5) is 10.9 Å². The normalized spacial score (nSPS) is 16.0. The minimum atomic E-state index is 0.371. The number of fused-ring (bicyclic) bond motifs is 1. The van der Waals surface area contributed by atoms with Crippen molar-refractivity contribution in [3.8, 4) is 0 Å². The lowest BCUT2D eigenvalue weighted by Gasteiger charge is -2.30. The first kappa shape index (κ1) is 15.3. The molecule has 4 rings (SSSR count). The summed E-state index contributed by atoms with van der Waals surface area (Å²) in [6.07, 6.45) is 2.04. The van der Waals surface area contributed by atoms with Crippen LogP contribution in [-0.4, -0.2) is 57.2 Å². The third-order valence-corrected chi connectivity index (χ3v) is 5.28. The van der Waals surface area contributed by atoms with Crippen LogP contribution in [0.1, 0.15) is 29.6 Å². The number of hydrogen-bond acceptors (Lipinski definition) is 8. The number of anilines is 2. The van der Waals surface area contributed by atoms with Crippen LogP contribution >= 0.6 is 11.3 Å². The third kappa shape index (κ3) is 2.68. The van der Waals surface area contributed by atoms with Crippen LogP contribution in [0.3, 0.4) is 0 Å². The average molecular weight is 344 g/mol. The monoisotopic (exact) mass is 344 g/mol. The Labute approximate surface area is 144 Å². The summed E-state index contributed by atoms with van der Waals surface area (Å²) in [7, 11) is 3.97. The van der Waals surface area contributed by atoms with E-state index < -0.39 is 0 Å². The number of aromatic nitrogens is 6. The standard InChI is InChI=1S/C15H20N8S/c1-10-16-19-15(24-10)22-8-6-11(7-9-22)14-18-17-12-4-5-13(21(2)3)20-23(12)14/h4-5,11H,6-9H2,1-3H3. The quantitative estimate of drug-likeness (QED) is 0.716. The molecule has 126 valence electrons. The number of rotatable bonds is 3. The first-order valence-corrected chi connectivity index (χ1v) is 8.88. The highest BCUT2D eigenvalue weighted by Crippen LogP contribution is 2.30. The zero-order chi connectivity index (χ0) is 16.7. The minimum Gasteiger partial charge on any atom is -0.361 e. The van der Waals surface area contributed by atoms with Crippen LogP contribution in [0.5, 0.6) is 0 Å². The molecule has 0 radical (unpaired) electrons. The predicted octanol–water partition coefficient (Wildman–Crippen LogP) is 1.73. The molecule has 8 nitrogen and oxygen atoms in total. The van der Waals surface area contributed by atoms with Crippen LogP contribution in [0.25, 0.3) is 5.65 Å². The molecule has 0 amide bonds. The molecule has 0 aliphatic carbocycles. The average Bonchev–Trinajstić information content (AvgIpc) is 3.20. The molecule has 9 heteroatoms. The Bertz CT molecular complexity index is 846. The van der Waals surface area contributed by atoms with Crippen molar-refractivity contribution in [2.24, 2.45) is 0 Å². The van der Waals surface area contributed by atoms with Gasteiger partial charge in [-0.2, -0.15) is 4.52 Å². The molecule has 1 aliphatic rings. The van der Waals surface area contributed by atoms with Gasteiger partial charge < -0.3 is 9.80 Å². The highest BCUT2D eigenvalue weighted by atomic mass is 32.1. The zero-order valence-electron chi connectivity index (χ0n) is 14.0. The SMILES string of the molecule is Cc1nnc(N2CCC(c3nnc4ccc(N(C)C)nn34)CC2)s1. The van der Waals surface area contributed by atoms with Crippen molar-refractivity contribution in [3.63, 3.8) is 0 Å². The topological polar surface area (TPSA) is 75.3 Å². The van der Waals surface area contributed by atoms with Crippen molar-refractivity contribution in [1.82, 2.24) is 30.0 Å². The molecule has 0 N–H and O–H groups in total. The fourth-order valence-corrected chi connectivity index (χ4v) is 3.77. The van der Waals surface area contributed by atoms with Gasteiger partial charge in [0.15, 0.2) is 11.5 Å². The number of hydrogen-bond donors (Lipinski definition) is 0. The van der Waals surface area contributed by atoms with Gasteiger partial charge in [0.1, 0.15) is 10.8 Å². The smallest absolute Gasteiger partial charge is 0.208 e. The summed E-state index contributed by atoms with van der Waals surface area (Å²) >= 11 is 1.65.